The van der Waals surface area contributed by atoms with Gasteiger partial charge in [0.2, 0.25) is 0 Å². The lowest BCUT2D eigenvalue weighted by molar-refractivity contribution is 0.103. The van der Waals surface area contributed by atoms with Crippen molar-refractivity contribution in [2.45, 2.75) is 0 Å². The Morgan fingerprint density at radius 3 is 2.44 bits per heavy atom. The molecule has 0 fully saturated rings. The zero-order valence-electron chi connectivity index (χ0n) is 9.08. The fourth-order valence-electron chi connectivity index (χ4n) is 1.53. The molecule has 0 saturated heterocycles. The SMILES string of the molecule is Nc1ccc(C(=O)c2cc(Cl)ccc2F)c(Cl)c1. The first-order chi connectivity index (χ1) is 8.49. The van der Waals surface area contributed by atoms with Crippen LogP contribution in [0, 0.1) is 5.82 Å². The summed E-state index contributed by atoms with van der Waals surface area (Å²) in [4.78, 5) is 12.1. The molecule has 2 aromatic rings. The van der Waals surface area contributed by atoms with E-state index in [1.165, 1.54) is 30.3 Å². The van der Waals surface area contributed by atoms with Gasteiger partial charge in [0.25, 0.3) is 0 Å². The topological polar surface area (TPSA) is 43.1 Å². The van der Waals surface area contributed by atoms with Gasteiger partial charge in [0, 0.05) is 16.3 Å². The first-order valence-electron chi connectivity index (χ1n) is 5.04. The summed E-state index contributed by atoms with van der Waals surface area (Å²) >= 11 is 11.7. The smallest absolute Gasteiger partial charge is 0.197 e. The number of benzene rings is 2. The third kappa shape index (κ3) is 2.47. The van der Waals surface area contributed by atoms with Crippen LogP contribution in [0.3, 0.4) is 0 Å². The van der Waals surface area contributed by atoms with Gasteiger partial charge in [0.1, 0.15) is 5.82 Å². The third-order valence-corrected chi connectivity index (χ3v) is 2.96. The Bertz CT molecular complexity index is 628. The molecule has 92 valence electrons. The van der Waals surface area contributed by atoms with Crippen LogP contribution in [-0.4, -0.2) is 5.78 Å². The Kier molecular flexibility index (Phi) is 3.55. The Balaban J connectivity index is 2.51. The van der Waals surface area contributed by atoms with E-state index >= 15 is 0 Å². The molecule has 0 aliphatic rings. The maximum Gasteiger partial charge on any atom is 0.197 e. The Hall–Kier alpha value is -1.58. The maximum absolute atomic E-state index is 13.6. The number of nitrogen functional groups attached to an aromatic ring is 1. The third-order valence-electron chi connectivity index (χ3n) is 2.41. The van der Waals surface area contributed by atoms with Gasteiger partial charge in [-0.15, -0.1) is 0 Å². The fourth-order valence-corrected chi connectivity index (χ4v) is 1.98. The molecule has 0 heterocycles. The van der Waals surface area contributed by atoms with Gasteiger partial charge >= 0.3 is 0 Å². The Morgan fingerprint density at radius 2 is 1.78 bits per heavy atom. The van der Waals surface area contributed by atoms with Crippen LogP contribution in [0.25, 0.3) is 0 Å². The van der Waals surface area contributed by atoms with Crippen molar-refractivity contribution < 1.29 is 9.18 Å². The van der Waals surface area contributed by atoms with Crippen molar-refractivity contribution in [2.75, 3.05) is 5.73 Å². The summed E-state index contributed by atoms with van der Waals surface area (Å²) in [7, 11) is 0. The van der Waals surface area contributed by atoms with Crippen LogP contribution >= 0.6 is 23.2 Å². The van der Waals surface area contributed by atoms with E-state index in [1.54, 1.807) is 0 Å². The average molecular weight is 284 g/mol. The number of nitrogens with two attached hydrogens (primary N) is 1. The van der Waals surface area contributed by atoms with Crippen molar-refractivity contribution in [3.63, 3.8) is 0 Å². The molecule has 0 bridgehead atoms. The molecule has 0 amide bonds. The van der Waals surface area contributed by atoms with E-state index in [1.807, 2.05) is 0 Å². The molecular formula is C13H8Cl2FNO. The highest BCUT2D eigenvalue weighted by Gasteiger charge is 2.17. The molecule has 2 aromatic carbocycles. The molecule has 0 aromatic heterocycles. The predicted molar refractivity (Wildman–Crippen MR) is 70.7 cm³/mol. The van der Waals surface area contributed by atoms with Crippen LogP contribution in [0.4, 0.5) is 10.1 Å². The van der Waals surface area contributed by atoms with Crippen molar-refractivity contribution in [1.29, 1.82) is 0 Å². The second kappa shape index (κ2) is 4.96. The van der Waals surface area contributed by atoms with E-state index in [0.29, 0.717) is 5.69 Å². The largest absolute Gasteiger partial charge is 0.399 e. The summed E-state index contributed by atoms with van der Waals surface area (Å²) in [5.74, 6) is -1.17. The molecule has 2 rings (SSSR count). The molecule has 2 N–H and O–H groups in total. The summed E-state index contributed by atoms with van der Waals surface area (Å²) in [6.07, 6.45) is 0. The monoisotopic (exact) mass is 283 g/mol. The minimum Gasteiger partial charge on any atom is -0.399 e. The normalized spacial score (nSPS) is 10.4. The van der Waals surface area contributed by atoms with Gasteiger partial charge < -0.3 is 5.73 Å². The van der Waals surface area contributed by atoms with Crippen LogP contribution in [0.15, 0.2) is 36.4 Å². The summed E-state index contributed by atoms with van der Waals surface area (Å²) in [5, 5.41) is 0.464. The molecule has 0 radical (unpaired) electrons. The van der Waals surface area contributed by atoms with Crippen LogP contribution in [0.1, 0.15) is 15.9 Å². The first kappa shape index (κ1) is 12.9. The number of hydrogen-bond acceptors (Lipinski definition) is 2. The first-order valence-corrected chi connectivity index (χ1v) is 5.79. The van der Waals surface area contributed by atoms with E-state index in [2.05, 4.69) is 0 Å². The highest BCUT2D eigenvalue weighted by molar-refractivity contribution is 6.35. The van der Waals surface area contributed by atoms with Gasteiger partial charge in [0.05, 0.1) is 10.6 Å². The van der Waals surface area contributed by atoms with Crippen molar-refractivity contribution in [3.8, 4) is 0 Å². The molecule has 0 aliphatic heterocycles. The van der Waals surface area contributed by atoms with Gasteiger partial charge in [-0.1, -0.05) is 23.2 Å². The summed E-state index contributed by atoms with van der Waals surface area (Å²) < 4.78 is 13.6. The lowest BCUT2D eigenvalue weighted by atomic mass is 10.0. The van der Waals surface area contributed by atoms with Gasteiger partial charge in [-0.25, -0.2) is 4.39 Å². The second-order valence-corrected chi connectivity index (χ2v) is 4.54. The van der Waals surface area contributed by atoms with Crippen LogP contribution in [0.5, 0.6) is 0 Å². The van der Waals surface area contributed by atoms with Crippen LogP contribution in [0.2, 0.25) is 10.0 Å². The van der Waals surface area contributed by atoms with Crippen molar-refractivity contribution in [2.24, 2.45) is 0 Å². The van der Waals surface area contributed by atoms with Gasteiger partial charge in [-0.05, 0) is 36.4 Å². The zero-order valence-corrected chi connectivity index (χ0v) is 10.6. The second-order valence-electron chi connectivity index (χ2n) is 3.69. The Labute approximate surface area is 113 Å². The minimum atomic E-state index is -0.641. The van der Waals surface area contributed by atoms with Gasteiger partial charge in [-0.3, -0.25) is 4.79 Å². The summed E-state index contributed by atoms with van der Waals surface area (Å²) in [6, 6.07) is 8.21. The highest BCUT2D eigenvalue weighted by Crippen LogP contribution is 2.24. The molecule has 0 aliphatic carbocycles. The zero-order chi connectivity index (χ0) is 13.3. The van der Waals surface area contributed by atoms with E-state index in [9.17, 15) is 9.18 Å². The lowest BCUT2D eigenvalue weighted by Gasteiger charge is -2.06. The number of hydrogen-bond donors (Lipinski definition) is 1. The maximum atomic E-state index is 13.6. The number of halogens is 3. The lowest BCUT2D eigenvalue weighted by Crippen LogP contribution is -2.05. The number of ketones is 1. The molecule has 0 atom stereocenters. The molecule has 5 heteroatoms. The van der Waals surface area contributed by atoms with Crippen molar-refractivity contribution in [3.05, 3.63) is 63.4 Å². The minimum absolute atomic E-state index is 0.117. The van der Waals surface area contributed by atoms with E-state index in [-0.39, 0.29) is 21.2 Å². The van der Waals surface area contributed by atoms with Crippen molar-refractivity contribution >= 4 is 34.7 Å². The standard InChI is InChI=1S/C13H8Cl2FNO/c14-7-1-4-12(16)10(5-7)13(18)9-3-2-8(17)6-11(9)15/h1-6H,17H2. The number of rotatable bonds is 2. The summed E-state index contributed by atoms with van der Waals surface area (Å²) in [6.45, 7) is 0. The number of carbonyl (C=O) groups is 1. The molecule has 2 nitrogen and oxygen atoms in total. The molecular weight excluding hydrogens is 276 g/mol. The molecule has 0 unspecified atom stereocenters. The van der Waals surface area contributed by atoms with E-state index in [4.69, 9.17) is 28.9 Å². The Morgan fingerprint density at radius 1 is 1.06 bits per heavy atom. The molecule has 0 saturated carbocycles. The van der Waals surface area contributed by atoms with Crippen LogP contribution in [-0.2, 0) is 0 Å². The van der Waals surface area contributed by atoms with Gasteiger partial charge in [0.15, 0.2) is 5.78 Å². The summed E-state index contributed by atoms with van der Waals surface area (Å²) in [5.41, 5.74) is 6.03. The number of anilines is 1. The predicted octanol–water partition coefficient (Wildman–Crippen LogP) is 3.95. The average Bonchev–Trinajstić information content (AvgIpc) is 2.31. The fraction of sp³-hybridized carbons (Fsp3) is 0. The molecule has 0 spiro atoms. The number of carbonyl (C=O) groups excluding carboxylic acids is 1. The van der Waals surface area contributed by atoms with Crippen LogP contribution < -0.4 is 5.73 Å². The van der Waals surface area contributed by atoms with Crippen molar-refractivity contribution in [1.82, 2.24) is 0 Å². The van der Waals surface area contributed by atoms with E-state index in [0.717, 1.165) is 6.07 Å². The van der Waals surface area contributed by atoms with E-state index < -0.39 is 11.6 Å². The molecule has 18 heavy (non-hydrogen) atoms. The highest BCUT2D eigenvalue weighted by atomic mass is 35.5. The van der Waals surface area contributed by atoms with Gasteiger partial charge in [-0.2, -0.15) is 0 Å². The quantitative estimate of drug-likeness (QED) is 0.670.